The summed E-state index contributed by atoms with van der Waals surface area (Å²) in [6.45, 7) is 0.963. The second kappa shape index (κ2) is 9.93. The molecular weight excluding hydrogens is 392 g/mol. The van der Waals surface area contributed by atoms with Crippen molar-refractivity contribution < 1.29 is 14.4 Å². The molecule has 1 fully saturated rings. The number of nitrogens with one attached hydrogen (secondary N) is 3. The van der Waals surface area contributed by atoms with Crippen LogP contribution in [-0.4, -0.2) is 48.4 Å². The molecule has 1 aliphatic heterocycles. The Hall–Kier alpha value is -3.06. The van der Waals surface area contributed by atoms with Gasteiger partial charge in [-0.05, 0) is 37.1 Å². The van der Waals surface area contributed by atoms with Gasteiger partial charge < -0.3 is 20.9 Å². The van der Waals surface area contributed by atoms with Gasteiger partial charge in [-0.15, -0.1) is 0 Å². The van der Waals surface area contributed by atoms with E-state index in [1.54, 1.807) is 29.2 Å². The Morgan fingerprint density at radius 1 is 0.966 bits per heavy atom. The van der Waals surface area contributed by atoms with Crippen molar-refractivity contribution in [2.45, 2.75) is 18.9 Å². The van der Waals surface area contributed by atoms with E-state index in [1.807, 2.05) is 30.3 Å². The highest BCUT2D eigenvalue weighted by atomic mass is 35.5. The monoisotopic (exact) mass is 414 g/mol. The summed E-state index contributed by atoms with van der Waals surface area (Å²) in [6, 6.07) is 15.7. The van der Waals surface area contributed by atoms with Crippen LogP contribution in [0.25, 0.3) is 0 Å². The van der Waals surface area contributed by atoms with Crippen LogP contribution in [-0.2, 0) is 4.79 Å². The first-order chi connectivity index (χ1) is 14.0. The Labute approximate surface area is 174 Å². The molecule has 3 rings (SSSR count). The number of hydrogen-bond donors (Lipinski definition) is 3. The van der Waals surface area contributed by atoms with Gasteiger partial charge in [0, 0.05) is 24.8 Å². The fourth-order valence-electron chi connectivity index (χ4n) is 3.16. The van der Waals surface area contributed by atoms with E-state index >= 15 is 0 Å². The minimum absolute atomic E-state index is 0.000443. The minimum atomic E-state index is -0.377. The number of nitrogens with zero attached hydrogens (tertiary/aromatic N) is 1. The number of piperidine rings is 1. The third-order valence-corrected chi connectivity index (χ3v) is 5.06. The van der Waals surface area contributed by atoms with Gasteiger partial charge in [-0.3, -0.25) is 9.59 Å². The normalized spacial score (nSPS) is 14.2. The van der Waals surface area contributed by atoms with Crippen molar-refractivity contribution in [2.24, 2.45) is 0 Å². The third-order valence-electron chi connectivity index (χ3n) is 4.73. The van der Waals surface area contributed by atoms with Crippen LogP contribution in [0.15, 0.2) is 54.6 Å². The number of carbonyl (C=O) groups excluding carboxylic acids is 3. The number of anilines is 1. The summed E-state index contributed by atoms with van der Waals surface area (Å²) in [5.74, 6) is -0.532. The van der Waals surface area contributed by atoms with Crippen LogP contribution in [0.3, 0.4) is 0 Å². The van der Waals surface area contributed by atoms with E-state index in [1.165, 1.54) is 0 Å². The summed E-state index contributed by atoms with van der Waals surface area (Å²) >= 11 is 6.00. The molecule has 8 heteroatoms. The molecular formula is C21H23ClN4O3. The van der Waals surface area contributed by atoms with Gasteiger partial charge in [-0.2, -0.15) is 0 Å². The Balaban J connectivity index is 1.39. The lowest BCUT2D eigenvalue weighted by Gasteiger charge is -2.32. The molecule has 4 amide bonds. The zero-order valence-electron chi connectivity index (χ0n) is 15.9. The number of urea groups is 1. The van der Waals surface area contributed by atoms with E-state index in [0.717, 1.165) is 5.69 Å². The van der Waals surface area contributed by atoms with Crippen molar-refractivity contribution >= 4 is 35.1 Å². The summed E-state index contributed by atoms with van der Waals surface area (Å²) < 4.78 is 0. The first kappa shape index (κ1) is 20.7. The standard InChI is InChI=1S/C21H23ClN4O3/c22-18-9-5-4-8-17(18)20(28)23-14-19(27)26-12-10-16(11-13-26)25-21(29)24-15-6-2-1-3-7-15/h1-9,16H,10-14H2,(H,23,28)(H2,24,25,29). The molecule has 7 nitrogen and oxygen atoms in total. The van der Waals surface area contributed by atoms with Gasteiger partial charge in [0.15, 0.2) is 0 Å². The number of para-hydroxylation sites is 1. The highest BCUT2D eigenvalue weighted by molar-refractivity contribution is 6.33. The van der Waals surface area contributed by atoms with Gasteiger partial charge in [-0.1, -0.05) is 41.9 Å². The zero-order chi connectivity index (χ0) is 20.6. The maximum absolute atomic E-state index is 12.4. The Kier molecular flexibility index (Phi) is 7.08. The molecule has 0 spiro atoms. The summed E-state index contributed by atoms with van der Waals surface area (Å²) in [5.41, 5.74) is 1.07. The predicted molar refractivity (Wildman–Crippen MR) is 112 cm³/mol. The van der Waals surface area contributed by atoms with Crippen molar-refractivity contribution in [1.29, 1.82) is 0 Å². The molecule has 0 bridgehead atoms. The van der Waals surface area contributed by atoms with Crippen molar-refractivity contribution in [3.8, 4) is 0 Å². The van der Waals surface area contributed by atoms with E-state index < -0.39 is 0 Å². The van der Waals surface area contributed by atoms with Gasteiger partial charge in [-0.25, -0.2) is 4.79 Å². The number of hydrogen-bond acceptors (Lipinski definition) is 3. The first-order valence-corrected chi connectivity index (χ1v) is 9.84. The molecule has 0 unspecified atom stereocenters. The second-order valence-electron chi connectivity index (χ2n) is 6.78. The number of amides is 4. The number of carbonyl (C=O) groups is 3. The van der Waals surface area contributed by atoms with Crippen LogP contribution in [0.4, 0.5) is 10.5 Å². The topological polar surface area (TPSA) is 90.5 Å². The fraction of sp³-hybridized carbons (Fsp3) is 0.286. The Morgan fingerprint density at radius 2 is 1.62 bits per heavy atom. The number of halogens is 1. The summed E-state index contributed by atoms with van der Waals surface area (Å²) in [7, 11) is 0. The van der Waals surface area contributed by atoms with Crippen LogP contribution in [0.1, 0.15) is 23.2 Å². The van der Waals surface area contributed by atoms with E-state index in [-0.39, 0.29) is 30.4 Å². The molecule has 0 aliphatic carbocycles. The van der Waals surface area contributed by atoms with E-state index in [4.69, 9.17) is 11.6 Å². The average molecular weight is 415 g/mol. The van der Waals surface area contributed by atoms with Crippen LogP contribution in [0.2, 0.25) is 5.02 Å². The SMILES string of the molecule is O=C(Nc1ccccc1)NC1CCN(C(=O)CNC(=O)c2ccccc2Cl)CC1. The molecule has 2 aromatic carbocycles. The smallest absolute Gasteiger partial charge is 0.319 e. The summed E-state index contributed by atoms with van der Waals surface area (Å²) in [5, 5.41) is 8.68. The van der Waals surface area contributed by atoms with Crippen molar-refractivity contribution in [3.05, 3.63) is 65.2 Å². The first-order valence-electron chi connectivity index (χ1n) is 9.46. The van der Waals surface area contributed by atoms with Gasteiger partial charge in [0.2, 0.25) is 5.91 Å². The van der Waals surface area contributed by atoms with Crippen molar-refractivity contribution in [2.75, 3.05) is 25.0 Å². The fourth-order valence-corrected chi connectivity index (χ4v) is 3.38. The maximum atomic E-state index is 12.4. The number of rotatable bonds is 5. The maximum Gasteiger partial charge on any atom is 0.319 e. The van der Waals surface area contributed by atoms with Gasteiger partial charge in [0.05, 0.1) is 17.1 Å². The quantitative estimate of drug-likeness (QED) is 0.702. The average Bonchev–Trinajstić information content (AvgIpc) is 2.73. The Morgan fingerprint density at radius 3 is 2.31 bits per heavy atom. The molecule has 3 N–H and O–H groups in total. The summed E-state index contributed by atoms with van der Waals surface area (Å²) in [6.07, 6.45) is 1.32. The van der Waals surface area contributed by atoms with E-state index in [0.29, 0.717) is 36.5 Å². The van der Waals surface area contributed by atoms with Crippen LogP contribution in [0, 0.1) is 0 Å². The van der Waals surface area contributed by atoms with Crippen molar-refractivity contribution in [1.82, 2.24) is 15.5 Å². The highest BCUT2D eigenvalue weighted by Gasteiger charge is 2.24. The lowest BCUT2D eigenvalue weighted by atomic mass is 10.1. The molecule has 0 aromatic heterocycles. The molecule has 1 aliphatic rings. The largest absolute Gasteiger partial charge is 0.343 e. The third kappa shape index (κ3) is 5.96. The number of likely N-dealkylation sites (tertiary alicyclic amines) is 1. The molecule has 0 saturated carbocycles. The number of benzene rings is 2. The van der Waals surface area contributed by atoms with Gasteiger partial charge in [0.25, 0.3) is 5.91 Å². The molecule has 1 heterocycles. The molecule has 2 aromatic rings. The van der Waals surface area contributed by atoms with Crippen molar-refractivity contribution in [3.63, 3.8) is 0 Å². The second-order valence-corrected chi connectivity index (χ2v) is 7.19. The molecule has 29 heavy (non-hydrogen) atoms. The van der Waals surface area contributed by atoms with Gasteiger partial charge in [0.1, 0.15) is 0 Å². The molecule has 0 atom stereocenters. The minimum Gasteiger partial charge on any atom is -0.343 e. The lowest BCUT2D eigenvalue weighted by Crippen LogP contribution is -2.49. The molecule has 1 saturated heterocycles. The predicted octanol–water partition coefficient (Wildman–Crippen LogP) is 2.88. The van der Waals surface area contributed by atoms with Crippen LogP contribution >= 0.6 is 11.6 Å². The lowest BCUT2D eigenvalue weighted by molar-refractivity contribution is -0.131. The van der Waals surface area contributed by atoms with Crippen LogP contribution in [0.5, 0.6) is 0 Å². The highest BCUT2D eigenvalue weighted by Crippen LogP contribution is 2.15. The van der Waals surface area contributed by atoms with E-state index in [2.05, 4.69) is 16.0 Å². The summed E-state index contributed by atoms with van der Waals surface area (Å²) in [4.78, 5) is 38.3. The molecule has 152 valence electrons. The zero-order valence-corrected chi connectivity index (χ0v) is 16.6. The molecule has 0 radical (unpaired) electrons. The van der Waals surface area contributed by atoms with E-state index in [9.17, 15) is 14.4 Å². The Bertz CT molecular complexity index is 867. The van der Waals surface area contributed by atoms with Gasteiger partial charge >= 0.3 is 6.03 Å². The van der Waals surface area contributed by atoms with Crippen LogP contribution < -0.4 is 16.0 Å².